The maximum atomic E-state index is 12.7. The molecule has 1 fully saturated rings. The predicted octanol–water partition coefficient (Wildman–Crippen LogP) is 1.90. The Bertz CT molecular complexity index is 915. The predicted molar refractivity (Wildman–Crippen MR) is 102 cm³/mol. The molecule has 0 aromatic carbocycles. The number of carbonyl (C=O) groups excluding carboxylic acids is 5. The summed E-state index contributed by atoms with van der Waals surface area (Å²) in [6.45, 7) is 5.66. The Morgan fingerprint density at radius 2 is 1.69 bits per heavy atom. The Kier molecular flexibility index (Phi) is 5.55. The fourth-order valence-electron chi connectivity index (χ4n) is 4.17. The minimum absolute atomic E-state index is 0.165. The van der Waals surface area contributed by atoms with Crippen LogP contribution in [0.3, 0.4) is 0 Å². The Labute approximate surface area is 168 Å². The molecular formula is C21H24N2O6. The van der Waals surface area contributed by atoms with Crippen molar-refractivity contribution < 1.29 is 28.7 Å². The number of likely N-dealkylation sites (tertiary alicyclic amines) is 1. The van der Waals surface area contributed by atoms with Crippen LogP contribution in [0.2, 0.25) is 0 Å². The zero-order chi connectivity index (χ0) is 21.5. The zero-order valence-electron chi connectivity index (χ0n) is 16.9. The average Bonchev–Trinajstić information content (AvgIpc) is 3.09. The van der Waals surface area contributed by atoms with Crippen LogP contribution in [0.4, 0.5) is 0 Å². The highest BCUT2D eigenvalue weighted by molar-refractivity contribution is 6.08. The van der Waals surface area contributed by atoms with Gasteiger partial charge in [-0.15, -0.1) is 0 Å². The standard InChI is InChI=1S/C21H24N2O6/c1-10-17(12(3)24)11(2)22-18(10)19(26)13(4)29-16(25)9-23-20(27)14-7-5-6-8-15(14)21(23)28/h5-6,13-15,22H,7-9H2,1-4H3/t13-,14-,15+/m0/s1. The second-order valence-corrected chi connectivity index (χ2v) is 7.60. The van der Waals surface area contributed by atoms with Crippen molar-refractivity contribution in [1.29, 1.82) is 0 Å². The van der Waals surface area contributed by atoms with Gasteiger partial charge in [0.1, 0.15) is 6.54 Å². The molecule has 0 bridgehead atoms. The molecule has 3 atom stereocenters. The van der Waals surface area contributed by atoms with Gasteiger partial charge in [-0.1, -0.05) is 12.2 Å². The largest absolute Gasteiger partial charge is 0.453 e. The fraction of sp³-hybridized carbons (Fsp3) is 0.476. The maximum absolute atomic E-state index is 12.7. The number of esters is 1. The molecule has 3 rings (SSSR count). The van der Waals surface area contributed by atoms with Crippen molar-refractivity contribution in [1.82, 2.24) is 9.88 Å². The molecule has 1 saturated heterocycles. The van der Waals surface area contributed by atoms with Crippen molar-refractivity contribution in [2.75, 3.05) is 6.54 Å². The Morgan fingerprint density at radius 3 is 2.17 bits per heavy atom. The van der Waals surface area contributed by atoms with Gasteiger partial charge in [0.2, 0.25) is 17.6 Å². The van der Waals surface area contributed by atoms with E-state index in [1.54, 1.807) is 13.8 Å². The first-order chi connectivity index (χ1) is 13.6. The number of Topliss-reactive ketones (excluding diaryl/α,β-unsaturated/α-hetero) is 2. The number of nitrogens with one attached hydrogen (secondary N) is 1. The summed E-state index contributed by atoms with van der Waals surface area (Å²) < 4.78 is 5.19. The number of nitrogens with zero attached hydrogens (tertiary/aromatic N) is 1. The fourth-order valence-corrected chi connectivity index (χ4v) is 4.17. The molecule has 2 amide bonds. The summed E-state index contributed by atoms with van der Waals surface area (Å²) in [7, 11) is 0. The monoisotopic (exact) mass is 400 g/mol. The lowest BCUT2D eigenvalue weighted by Crippen LogP contribution is -2.38. The molecule has 0 saturated carbocycles. The van der Waals surface area contributed by atoms with Crippen LogP contribution in [-0.4, -0.2) is 51.9 Å². The van der Waals surface area contributed by atoms with Crippen LogP contribution in [0.1, 0.15) is 58.8 Å². The first-order valence-electron chi connectivity index (χ1n) is 9.57. The highest BCUT2D eigenvalue weighted by atomic mass is 16.5. The van der Waals surface area contributed by atoms with Crippen LogP contribution < -0.4 is 0 Å². The average molecular weight is 400 g/mol. The van der Waals surface area contributed by atoms with E-state index in [0.717, 1.165) is 4.90 Å². The number of H-pyrrole nitrogens is 1. The smallest absolute Gasteiger partial charge is 0.326 e. The molecular weight excluding hydrogens is 376 g/mol. The summed E-state index contributed by atoms with van der Waals surface area (Å²) in [6.07, 6.45) is 3.57. The second kappa shape index (κ2) is 7.77. The van der Waals surface area contributed by atoms with Gasteiger partial charge < -0.3 is 9.72 Å². The van der Waals surface area contributed by atoms with Crippen molar-refractivity contribution in [2.45, 2.75) is 46.6 Å². The summed E-state index contributed by atoms with van der Waals surface area (Å²) in [5.41, 5.74) is 1.72. The number of imide groups is 1. The van der Waals surface area contributed by atoms with E-state index >= 15 is 0 Å². The second-order valence-electron chi connectivity index (χ2n) is 7.60. The molecule has 1 N–H and O–H groups in total. The number of carbonyl (C=O) groups is 5. The molecule has 8 nitrogen and oxygen atoms in total. The Morgan fingerprint density at radius 1 is 1.14 bits per heavy atom. The summed E-state index contributed by atoms with van der Waals surface area (Å²) >= 11 is 0. The minimum atomic E-state index is -1.13. The Balaban J connectivity index is 1.66. The first kappa shape index (κ1) is 20.7. The van der Waals surface area contributed by atoms with Gasteiger partial charge in [-0.3, -0.25) is 28.9 Å². The molecule has 0 radical (unpaired) electrons. The van der Waals surface area contributed by atoms with Gasteiger partial charge in [-0.25, -0.2) is 0 Å². The third-order valence-corrected chi connectivity index (χ3v) is 5.60. The van der Waals surface area contributed by atoms with Gasteiger partial charge in [-0.05, 0) is 46.1 Å². The number of aromatic amines is 1. The highest BCUT2D eigenvalue weighted by Crippen LogP contribution is 2.34. The van der Waals surface area contributed by atoms with Crippen LogP contribution in [-0.2, 0) is 19.1 Å². The van der Waals surface area contributed by atoms with E-state index in [2.05, 4.69) is 4.98 Å². The molecule has 29 heavy (non-hydrogen) atoms. The van der Waals surface area contributed by atoms with Crippen molar-refractivity contribution in [3.8, 4) is 0 Å². The van der Waals surface area contributed by atoms with Crippen molar-refractivity contribution in [3.63, 3.8) is 0 Å². The SMILES string of the molecule is CC(=O)c1c(C)[nH]c(C(=O)[C@H](C)OC(=O)CN2C(=O)[C@H]3CC=CC[C@H]3C2=O)c1C. The summed E-state index contributed by atoms with van der Waals surface area (Å²) in [5.74, 6) is -3.07. The van der Waals surface area contributed by atoms with E-state index in [1.165, 1.54) is 13.8 Å². The van der Waals surface area contributed by atoms with Crippen LogP contribution in [0, 0.1) is 25.7 Å². The molecule has 0 unspecified atom stereocenters. The number of amides is 2. The molecule has 1 aromatic heterocycles. The molecule has 0 spiro atoms. The lowest BCUT2D eigenvalue weighted by molar-refractivity contribution is -0.154. The summed E-state index contributed by atoms with van der Waals surface area (Å²) in [5, 5.41) is 0. The zero-order valence-corrected chi connectivity index (χ0v) is 16.9. The van der Waals surface area contributed by atoms with Gasteiger partial charge in [0.05, 0.1) is 17.5 Å². The number of aromatic nitrogens is 1. The number of hydrogen-bond acceptors (Lipinski definition) is 6. The van der Waals surface area contributed by atoms with Gasteiger partial charge in [0.25, 0.3) is 0 Å². The van der Waals surface area contributed by atoms with Crippen LogP contribution in [0.15, 0.2) is 12.2 Å². The highest BCUT2D eigenvalue weighted by Gasteiger charge is 2.48. The van der Waals surface area contributed by atoms with E-state index in [-0.39, 0.29) is 23.3 Å². The van der Waals surface area contributed by atoms with Gasteiger partial charge in [0.15, 0.2) is 11.9 Å². The van der Waals surface area contributed by atoms with Crippen molar-refractivity contribution in [2.24, 2.45) is 11.8 Å². The molecule has 1 aliphatic carbocycles. The number of ketones is 2. The van der Waals surface area contributed by atoms with E-state index in [9.17, 15) is 24.0 Å². The van der Waals surface area contributed by atoms with E-state index < -0.39 is 36.2 Å². The van der Waals surface area contributed by atoms with Gasteiger partial charge >= 0.3 is 5.97 Å². The van der Waals surface area contributed by atoms with Crippen LogP contribution >= 0.6 is 0 Å². The number of rotatable bonds is 6. The number of fused-ring (bicyclic) bond motifs is 1. The first-order valence-corrected chi connectivity index (χ1v) is 9.57. The number of aryl methyl sites for hydroxylation is 1. The van der Waals surface area contributed by atoms with E-state index in [1.807, 2.05) is 12.2 Å². The maximum Gasteiger partial charge on any atom is 0.326 e. The normalized spacial score (nSPS) is 21.9. The van der Waals surface area contributed by atoms with Gasteiger partial charge in [-0.2, -0.15) is 0 Å². The molecule has 8 heteroatoms. The number of allylic oxidation sites excluding steroid dienone is 2. The minimum Gasteiger partial charge on any atom is -0.453 e. The molecule has 1 aromatic rings. The van der Waals surface area contributed by atoms with Crippen molar-refractivity contribution >= 4 is 29.4 Å². The Hall–Kier alpha value is -3.03. The molecule has 1 aliphatic heterocycles. The van der Waals surface area contributed by atoms with Gasteiger partial charge in [0, 0.05) is 11.3 Å². The molecule has 2 aliphatic rings. The summed E-state index contributed by atoms with van der Waals surface area (Å²) in [6, 6.07) is 0. The number of hydrogen-bond donors (Lipinski definition) is 1. The number of ether oxygens (including phenoxy) is 1. The molecule has 154 valence electrons. The lowest BCUT2D eigenvalue weighted by Gasteiger charge is -2.16. The van der Waals surface area contributed by atoms with E-state index in [0.29, 0.717) is 29.7 Å². The van der Waals surface area contributed by atoms with E-state index in [4.69, 9.17) is 4.74 Å². The third kappa shape index (κ3) is 3.66. The molecule has 2 heterocycles. The lowest BCUT2D eigenvalue weighted by atomic mass is 9.85. The topological polar surface area (TPSA) is 114 Å². The van der Waals surface area contributed by atoms with Crippen LogP contribution in [0.25, 0.3) is 0 Å². The van der Waals surface area contributed by atoms with Crippen LogP contribution in [0.5, 0.6) is 0 Å². The summed E-state index contributed by atoms with van der Waals surface area (Å²) in [4.78, 5) is 65.4. The third-order valence-electron chi connectivity index (χ3n) is 5.60. The quantitative estimate of drug-likeness (QED) is 0.338. The van der Waals surface area contributed by atoms with Crippen molar-refractivity contribution in [3.05, 3.63) is 34.7 Å².